The van der Waals surface area contributed by atoms with E-state index in [4.69, 9.17) is 10.5 Å². The minimum Gasteiger partial charge on any atom is -0.457 e. The highest BCUT2D eigenvalue weighted by Gasteiger charge is 2.06. The number of para-hydroxylation sites is 1. The molecule has 2 N–H and O–H groups in total. The number of nitrogens with two attached hydrogens (primary N) is 1. The van der Waals surface area contributed by atoms with Gasteiger partial charge in [-0.05, 0) is 36.2 Å². The average molecular weight is 292 g/mol. The van der Waals surface area contributed by atoms with Gasteiger partial charge < -0.3 is 10.5 Å². The van der Waals surface area contributed by atoms with E-state index >= 15 is 0 Å². The van der Waals surface area contributed by atoms with Crippen molar-refractivity contribution in [3.63, 3.8) is 0 Å². The summed E-state index contributed by atoms with van der Waals surface area (Å²) in [5, 5.41) is 0. The lowest BCUT2D eigenvalue weighted by Crippen LogP contribution is -2.09. The summed E-state index contributed by atoms with van der Waals surface area (Å²) in [6.45, 7) is 2.18. The first kappa shape index (κ1) is 16.5. The van der Waals surface area contributed by atoms with Gasteiger partial charge in [0.2, 0.25) is 0 Å². The molecule has 108 valence electrons. The van der Waals surface area contributed by atoms with Crippen LogP contribution in [0.3, 0.4) is 0 Å². The minimum atomic E-state index is 0. The number of benzene rings is 2. The first-order chi connectivity index (χ1) is 9.29. The van der Waals surface area contributed by atoms with Crippen molar-refractivity contribution in [2.75, 3.05) is 0 Å². The molecule has 2 nitrogen and oxygen atoms in total. The maximum Gasteiger partial charge on any atom is 0.127 e. The molecule has 0 heterocycles. The Hall–Kier alpha value is -1.51. The van der Waals surface area contributed by atoms with Crippen LogP contribution in [0.4, 0.5) is 0 Å². The van der Waals surface area contributed by atoms with E-state index in [2.05, 4.69) is 13.0 Å². The molecule has 0 aliphatic rings. The molecule has 0 spiro atoms. The molecule has 0 aliphatic carbocycles. The maximum atomic E-state index is 6.19. The number of halogens is 1. The Morgan fingerprint density at radius 1 is 1.00 bits per heavy atom. The normalized spacial score (nSPS) is 11.5. The van der Waals surface area contributed by atoms with Crippen molar-refractivity contribution >= 4 is 12.4 Å². The van der Waals surface area contributed by atoms with Crippen molar-refractivity contribution in [1.29, 1.82) is 0 Å². The van der Waals surface area contributed by atoms with Crippen molar-refractivity contribution in [1.82, 2.24) is 0 Å². The van der Waals surface area contributed by atoms with E-state index < -0.39 is 0 Å². The number of hydrogen-bond acceptors (Lipinski definition) is 2. The Labute approximate surface area is 127 Å². The van der Waals surface area contributed by atoms with E-state index in [1.165, 1.54) is 6.42 Å². The van der Waals surface area contributed by atoms with Crippen LogP contribution in [-0.4, -0.2) is 0 Å². The fourth-order valence-corrected chi connectivity index (χ4v) is 2.02. The quantitative estimate of drug-likeness (QED) is 0.804. The van der Waals surface area contributed by atoms with Crippen molar-refractivity contribution in [2.24, 2.45) is 5.73 Å². The first-order valence-corrected chi connectivity index (χ1v) is 6.88. The molecule has 0 fully saturated rings. The lowest BCUT2D eigenvalue weighted by molar-refractivity contribution is 0.480. The predicted octanol–water partition coefficient (Wildman–Crippen LogP) is 5.09. The highest BCUT2D eigenvalue weighted by molar-refractivity contribution is 5.85. The van der Waals surface area contributed by atoms with Gasteiger partial charge in [0.05, 0.1) is 0 Å². The van der Waals surface area contributed by atoms with Crippen LogP contribution in [0.1, 0.15) is 37.8 Å². The van der Waals surface area contributed by atoms with Crippen molar-refractivity contribution < 1.29 is 4.74 Å². The van der Waals surface area contributed by atoms with Crippen LogP contribution < -0.4 is 10.5 Å². The van der Waals surface area contributed by atoms with Gasteiger partial charge in [-0.3, -0.25) is 0 Å². The van der Waals surface area contributed by atoms with Crippen LogP contribution in [0.15, 0.2) is 54.6 Å². The molecule has 0 saturated heterocycles. The molecule has 0 aliphatic heterocycles. The summed E-state index contributed by atoms with van der Waals surface area (Å²) in [5.74, 6) is 1.69. The highest BCUT2D eigenvalue weighted by Crippen LogP contribution is 2.25. The van der Waals surface area contributed by atoms with Gasteiger partial charge >= 0.3 is 0 Å². The van der Waals surface area contributed by atoms with Gasteiger partial charge in [0.1, 0.15) is 11.5 Å². The molecule has 0 saturated carbocycles. The molecule has 0 unspecified atom stereocenters. The van der Waals surface area contributed by atoms with E-state index in [9.17, 15) is 0 Å². The lowest BCUT2D eigenvalue weighted by Gasteiger charge is -2.13. The lowest BCUT2D eigenvalue weighted by atomic mass is 10.0. The van der Waals surface area contributed by atoms with Gasteiger partial charge in [0.15, 0.2) is 0 Å². The Kier molecular flexibility index (Phi) is 7.13. The van der Waals surface area contributed by atoms with Crippen LogP contribution in [0, 0.1) is 0 Å². The number of hydrogen-bond donors (Lipinski definition) is 1. The molecule has 0 aromatic heterocycles. The standard InChI is InChI=1S/C17H21NO.ClH/c1-2-3-12-17(18)14-8-7-11-16(13-14)19-15-9-5-4-6-10-15;/h4-11,13,17H,2-3,12,18H2,1H3;1H/t17-;/m0./s1. The van der Waals surface area contributed by atoms with Crippen LogP contribution in [0.2, 0.25) is 0 Å². The first-order valence-electron chi connectivity index (χ1n) is 6.88. The SMILES string of the molecule is CCCC[C@H](N)c1cccc(Oc2ccccc2)c1.Cl. The van der Waals surface area contributed by atoms with E-state index in [1.54, 1.807) is 0 Å². The van der Waals surface area contributed by atoms with Crippen LogP contribution >= 0.6 is 12.4 Å². The van der Waals surface area contributed by atoms with Crippen LogP contribution in [0.5, 0.6) is 11.5 Å². The Balaban J connectivity index is 0.00000200. The maximum absolute atomic E-state index is 6.19. The molecule has 0 amide bonds. The number of unbranched alkanes of at least 4 members (excludes halogenated alkanes) is 1. The summed E-state index contributed by atoms with van der Waals surface area (Å²) in [5.41, 5.74) is 7.33. The summed E-state index contributed by atoms with van der Waals surface area (Å²) < 4.78 is 5.82. The molecular weight excluding hydrogens is 270 g/mol. The molecule has 1 atom stereocenters. The summed E-state index contributed by atoms with van der Waals surface area (Å²) in [7, 11) is 0. The van der Waals surface area contributed by atoms with Gasteiger partial charge in [0.25, 0.3) is 0 Å². The molecule has 3 heteroatoms. The second kappa shape index (κ2) is 8.62. The Morgan fingerprint density at radius 2 is 1.70 bits per heavy atom. The molecule has 0 bridgehead atoms. The zero-order valence-corrected chi connectivity index (χ0v) is 12.6. The van der Waals surface area contributed by atoms with E-state index in [-0.39, 0.29) is 18.4 Å². The third-order valence-corrected chi connectivity index (χ3v) is 3.13. The average Bonchev–Trinajstić information content (AvgIpc) is 2.46. The summed E-state index contributed by atoms with van der Waals surface area (Å²) in [6, 6.07) is 18.0. The fraction of sp³-hybridized carbons (Fsp3) is 0.294. The van der Waals surface area contributed by atoms with Crippen molar-refractivity contribution in [3.8, 4) is 11.5 Å². The van der Waals surface area contributed by atoms with Crippen molar-refractivity contribution in [2.45, 2.75) is 32.2 Å². The van der Waals surface area contributed by atoms with E-state index in [1.807, 2.05) is 48.5 Å². The number of rotatable bonds is 6. The highest BCUT2D eigenvalue weighted by atomic mass is 35.5. The molecule has 20 heavy (non-hydrogen) atoms. The summed E-state index contributed by atoms with van der Waals surface area (Å²) in [4.78, 5) is 0. The van der Waals surface area contributed by atoms with Gasteiger partial charge in [-0.1, -0.05) is 50.1 Å². The van der Waals surface area contributed by atoms with E-state index in [0.717, 1.165) is 29.9 Å². The van der Waals surface area contributed by atoms with Gasteiger partial charge in [-0.2, -0.15) is 0 Å². The van der Waals surface area contributed by atoms with Crippen molar-refractivity contribution in [3.05, 3.63) is 60.2 Å². The molecular formula is C17H22ClNO. The zero-order chi connectivity index (χ0) is 13.5. The fourth-order valence-electron chi connectivity index (χ4n) is 2.02. The topological polar surface area (TPSA) is 35.2 Å². The van der Waals surface area contributed by atoms with Crippen LogP contribution in [-0.2, 0) is 0 Å². The Bertz CT molecular complexity index is 501. The monoisotopic (exact) mass is 291 g/mol. The van der Waals surface area contributed by atoms with Gasteiger partial charge in [-0.15, -0.1) is 12.4 Å². The third kappa shape index (κ3) is 4.87. The van der Waals surface area contributed by atoms with E-state index in [0.29, 0.717) is 0 Å². The van der Waals surface area contributed by atoms with Gasteiger partial charge in [-0.25, -0.2) is 0 Å². The molecule has 2 rings (SSSR count). The minimum absolute atomic E-state index is 0. The zero-order valence-electron chi connectivity index (χ0n) is 11.8. The predicted molar refractivity (Wildman–Crippen MR) is 86.7 cm³/mol. The third-order valence-electron chi connectivity index (χ3n) is 3.13. The second-order valence-corrected chi connectivity index (χ2v) is 4.74. The molecule has 0 radical (unpaired) electrons. The number of ether oxygens (including phenoxy) is 1. The van der Waals surface area contributed by atoms with Crippen LogP contribution in [0.25, 0.3) is 0 Å². The second-order valence-electron chi connectivity index (χ2n) is 4.74. The Morgan fingerprint density at radius 3 is 2.40 bits per heavy atom. The summed E-state index contributed by atoms with van der Waals surface area (Å²) >= 11 is 0. The molecule has 2 aromatic rings. The largest absolute Gasteiger partial charge is 0.457 e. The van der Waals surface area contributed by atoms with Gasteiger partial charge in [0, 0.05) is 6.04 Å². The summed E-state index contributed by atoms with van der Waals surface area (Å²) in [6.07, 6.45) is 3.35. The molecule has 2 aromatic carbocycles. The smallest absolute Gasteiger partial charge is 0.127 e.